The van der Waals surface area contributed by atoms with Gasteiger partial charge in [0.2, 0.25) is 5.91 Å². The number of hydrogen-bond donors (Lipinski definition) is 4. The van der Waals surface area contributed by atoms with Gasteiger partial charge in [-0.15, -0.1) is 0 Å². The lowest BCUT2D eigenvalue weighted by molar-refractivity contribution is -0.138. The maximum absolute atomic E-state index is 14.2. The van der Waals surface area contributed by atoms with Crippen molar-refractivity contribution in [1.82, 2.24) is 20.9 Å². The van der Waals surface area contributed by atoms with Gasteiger partial charge in [0.15, 0.2) is 0 Å². The van der Waals surface area contributed by atoms with Crippen LogP contribution in [0.15, 0.2) is 30.3 Å². The van der Waals surface area contributed by atoms with Gasteiger partial charge in [0.25, 0.3) is 5.91 Å². The van der Waals surface area contributed by atoms with Crippen molar-refractivity contribution in [2.45, 2.75) is 75.6 Å². The topological polar surface area (TPSA) is 108 Å². The molecule has 2 amide bonds. The second-order valence-corrected chi connectivity index (χ2v) is 13.2. The molecule has 0 spiro atoms. The molecule has 4 rings (SSSR count). The van der Waals surface area contributed by atoms with E-state index in [2.05, 4.69) is 16.0 Å². The zero-order valence-corrected chi connectivity index (χ0v) is 26.0. The Kier molecular flexibility index (Phi) is 11.4. The molecule has 2 fully saturated rings. The molecular weight excluding hydrogens is 628 g/mol. The van der Waals surface area contributed by atoms with Crippen LogP contribution >= 0.6 is 23.2 Å². The molecule has 1 unspecified atom stereocenters. The van der Waals surface area contributed by atoms with E-state index in [0.29, 0.717) is 35.7 Å². The molecule has 0 bridgehead atoms. The molecule has 0 radical (unpaired) electrons. The minimum absolute atomic E-state index is 0.0860. The number of nitrogens with zero attached hydrogens (tertiary/aromatic N) is 1. The highest BCUT2D eigenvalue weighted by molar-refractivity contribution is 7.72. The van der Waals surface area contributed by atoms with Crippen molar-refractivity contribution in [3.63, 3.8) is 0 Å². The lowest BCUT2D eigenvalue weighted by Crippen LogP contribution is -2.53. The summed E-state index contributed by atoms with van der Waals surface area (Å²) in [5.41, 5.74) is -0.579. The van der Waals surface area contributed by atoms with E-state index in [-0.39, 0.29) is 47.2 Å². The molecule has 2 heterocycles. The predicted octanol–water partition coefficient (Wildman–Crippen LogP) is 4.84. The number of carbonyl (C=O) groups excluding carboxylic acids is 2. The number of carbonyl (C=O) groups is 2. The molecule has 14 heteroatoms. The summed E-state index contributed by atoms with van der Waals surface area (Å²) >= 11 is 12.5. The molecule has 2 saturated heterocycles. The largest absolute Gasteiger partial charge is 0.416 e. The molecule has 2 aromatic rings. The molecule has 0 saturated carbocycles. The van der Waals surface area contributed by atoms with Gasteiger partial charge in [-0.05, 0) is 86.7 Å². The average Bonchev–Trinajstić information content (AvgIpc) is 2.96. The third-order valence-corrected chi connectivity index (χ3v) is 9.42. The zero-order valence-electron chi connectivity index (χ0n) is 23.6. The van der Waals surface area contributed by atoms with E-state index in [1.165, 1.54) is 31.2 Å². The van der Waals surface area contributed by atoms with Gasteiger partial charge in [-0.3, -0.25) is 14.5 Å². The summed E-state index contributed by atoms with van der Waals surface area (Å²) in [5.74, 6) is -0.891. The summed E-state index contributed by atoms with van der Waals surface area (Å²) in [7, 11) is -2.80. The molecular formula is C29H35Cl2F3N4O4S. The van der Waals surface area contributed by atoms with Crippen molar-refractivity contribution in [2.75, 3.05) is 19.6 Å². The molecule has 8 nitrogen and oxygen atoms in total. The standard InChI is InChI=1S/C29H35Cl2F3N4O4S/c1-17(43(41)42)22-8-7-20(30)11-19(22)14-36-27(39)18-12-24(29(32,33)34)23(25(31)13-18)16-38-10-4-5-21(15-38)37-28(40)26-6-2-3-9-35-26/h7-8,11-13,17,21,26,35,43H,2-6,9-10,14-16H2,1H3,(H,36,39)(H,37,40)/t17?,21-,26+/m0/s1. The van der Waals surface area contributed by atoms with Crippen LogP contribution < -0.4 is 16.0 Å². The van der Waals surface area contributed by atoms with Crippen LogP contribution in [0.3, 0.4) is 0 Å². The Morgan fingerprint density at radius 1 is 1.12 bits per heavy atom. The zero-order chi connectivity index (χ0) is 31.3. The van der Waals surface area contributed by atoms with E-state index < -0.39 is 33.6 Å². The van der Waals surface area contributed by atoms with Crippen LogP contribution in [0.5, 0.6) is 0 Å². The Hall–Kier alpha value is -2.38. The maximum atomic E-state index is 14.2. The summed E-state index contributed by atoms with van der Waals surface area (Å²) in [6.07, 6.45) is -0.593. The number of piperidine rings is 2. The van der Waals surface area contributed by atoms with E-state index in [9.17, 15) is 31.2 Å². The summed E-state index contributed by atoms with van der Waals surface area (Å²) in [6, 6.07) is 6.11. The maximum Gasteiger partial charge on any atom is 0.416 e. The van der Waals surface area contributed by atoms with Crippen molar-refractivity contribution in [3.05, 3.63) is 68.2 Å². The normalized spacial score (nSPS) is 20.5. The Morgan fingerprint density at radius 3 is 2.56 bits per heavy atom. The fraction of sp³-hybridized carbons (Fsp3) is 0.517. The van der Waals surface area contributed by atoms with Crippen molar-refractivity contribution in [3.8, 4) is 0 Å². The smallest absolute Gasteiger partial charge is 0.351 e. The Balaban J connectivity index is 1.48. The Bertz CT molecular complexity index is 1410. The van der Waals surface area contributed by atoms with Crippen LogP contribution in [0.2, 0.25) is 10.0 Å². The molecule has 3 N–H and O–H groups in total. The molecule has 2 aliphatic heterocycles. The lowest BCUT2D eigenvalue weighted by atomic mass is 9.99. The van der Waals surface area contributed by atoms with Crippen LogP contribution in [0.1, 0.15) is 76.9 Å². The van der Waals surface area contributed by atoms with Crippen molar-refractivity contribution in [1.29, 1.82) is 0 Å². The number of benzene rings is 2. The monoisotopic (exact) mass is 662 g/mol. The SMILES string of the molecule is CC(c1ccc(Cl)cc1CNC(=O)c1cc(Cl)c(CN2CCC[C@H](NC(=O)[C@H]3CCCCN3)C2)c(C(F)(F)F)c1)[SH](=O)=O. The number of rotatable bonds is 9. The van der Waals surface area contributed by atoms with Crippen molar-refractivity contribution in [2.24, 2.45) is 0 Å². The van der Waals surface area contributed by atoms with E-state index >= 15 is 0 Å². The fourth-order valence-electron chi connectivity index (χ4n) is 5.63. The Morgan fingerprint density at radius 2 is 1.88 bits per heavy atom. The number of alkyl halides is 3. The van der Waals surface area contributed by atoms with Gasteiger partial charge in [0.05, 0.1) is 16.9 Å². The quantitative estimate of drug-likeness (QED) is 0.287. The number of hydrogen-bond acceptors (Lipinski definition) is 6. The minimum Gasteiger partial charge on any atom is -0.351 e. The third-order valence-electron chi connectivity index (χ3n) is 7.93. The Labute approximate surface area is 260 Å². The van der Waals surface area contributed by atoms with Gasteiger partial charge in [-0.1, -0.05) is 35.7 Å². The molecule has 2 aromatic carbocycles. The second kappa shape index (κ2) is 14.6. The van der Waals surface area contributed by atoms with Crippen molar-refractivity contribution >= 4 is 45.7 Å². The van der Waals surface area contributed by atoms with Gasteiger partial charge in [-0.2, -0.15) is 13.2 Å². The summed E-state index contributed by atoms with van der Waals surface area (Å²) in [5, 5.41) is 8.08. The number of halogens is 5. The van der Waals surface area contributed by atoms with Gasteiger partial charge in [0, 0.05) is 41.3 Å². The summed E-state index contributed by atoms with van der Waals surface area (Å²) in [6.45, 7) is 2.94. The molecule has 0 aromatic heterocycles. The summed E-state index contributed by atoms with van der Waals surface area (Å²) < 4.78 is 65.8. The van der Waals surface area contributed by atoms with Crippen LogP contribution in [0.25, 0.3) is 0 Å². The molecule has 236 valence electrons. The summed E-state index contributed by atoms with van der Waals surface area (Å²) in [4.78, 5) is 27.5. The number of likely N-dealkylation sites (tertiary alicyclic amines) is 1. The van der Waals surface area contributed by atoms with Crippen molar-refractivity contribution < 1.29 is 31.2 Å². The highest BCUT2D eigenvalue weighted by atomic mass is 35.5. The first-order valence-electron chi connectivity index (χ1n) is 14.2. The van der Waals surface area contributed by atoms with E-state index in [1.807, 2.05) is 4.90 Å². The third kappa shape index (κ3) is 8.85. The van der Waals surface area contributed by atoms with Gasteiger partial charge in [0.1, 0.15) is 10.7 Å². The first kappa shape index (κ1) is 33.5. The molecule has 0 aliphatic carbocycles. The van der Waals surface area contributed by atoms with Gasteiger partial charge < -0.3 is 16.0 Å². The van der Waals surface area contributed by atoms with Gasteiger partial charge in [-0.25, -0.2) is 8.42 Å². The minimum atomic E-state index is -4.78. The van der Waals surface area contributed by atoms with Crippen LogP contribution in [0.4, 0.5) is 13.2 Å². The lowest BCUT2D eigenvalue weighted by Gasteiger charge is -2.35. The van der Waals surface area contributed by atoms with E-state index in [1.54, 1.807) is 0 Å². The number of thiol groups is 1. The van der Waals surface area contributed by atoms with E-state index in [4.69, 9.17) is 23.2 Å². The fourth-order valence-corrected chi connectivity index (χ4v) is 6.58. The second-order valence-electron chi connectivity index (χ2n) is 11.1. The highest BCUT2D eigenvalue weighted by Crippen LogP contribution is 2.37. The molecule has 2 aliphatic rings. The molecule has 43 heavy (non-hydrogen) atoms. The van der Waals surface area contributed by atoms with Crippen LogP contribution in [-0.2, 0) is 34.8 Å². The van der Waals surface area contributed by atoms with Gasteiger partial charge >= 0.3 is 6.18 Å². The number of amides is 2. The van der Waals surface area contributed by atoms with Crippen LogP contribution in [-0.4, -0.2) is 56.9 Å². The first-order valence-corrected chi connectivity index (χ1v) is 16.2. The molecule has 3 atom stereocenters. The van der Waals surface area contributed by atoms with E-state index in [0.717, 1.165) is 38.3 Å². The number of nitrogens with one attached hydrogen (secondary N) is 3. The highest BCUT2D eigenvalue weighted by Gasteiger charge is 2.36. The predicted molar refractivity (Wildman–Crippen MR) is 160 cm³/mol. The van der Waals surface area contributed by atoms with Crippen LogP contribution in [0, 0.1) is 0 Å². The first-order chi connectivity index (χ1) is 20.3. The average molecular weight is 664 g/mol.